The van der Waals surface area contributed by atoms with Crippen molar-refractivity contribution in [3.8, 4) is 0 Å². The van der Waals surface area contributed by atoms with E-state index in [1.165, 1.54) is 4.90 Å². The van der Waals surface area contributed by atoms with Gasteiger partial charge in [-0.1, -0.05) is 6.92 Å². The van der Waals surface area contributed by atoms with E-state index in [0.29, 0.717) is 19.0 Å². The van der Waals surface area contributed by atoms with Gasteiger partial charge < -0.3 is 21.3 Å². The molecule has 0 aliphatic carbocycles. The van der Waals surface area contributed by atoms with Crippen LogP contribution >= 0.6 is 24.0 Å². The zero-order valence-corrected chi connectivity index (χ0v) is 19.7. The minimum atomic E-state index is -0.353. The van der Waals surface area contributed by atoms with Crippen LogP contribution in [0.15, 0.2) is 4.99 Å². The molecular formula is C18H34IN7O3. The van der Waals surface area contributed by atoms with E-state index in [0.717, 1.165) is 45.4 Å². The number of likely N-dealkylation sites (tertiary alicyclic amines) is 1. The monoisotopic (exact) mass is 523 g/mol. The van der Waals surface area contributed by atoms with Crippen LogP contribution in [0.2, 0.25) is 0 Å². The highest BCUT2D eigenvalue weighted by Gasteiger charge is 2.27. The summed E-state index contributed by atoms with van der Waals surface area (Å²) in [4.78, 5) is 42.8. The fourth-order valence-corrected chi connectivity index (χ4v) is 3.22. The number of halogens is 1. The molecule has 29 heavy (non-hydrogen) atoms. The van der Waals surface area contributed by atoms with Gasteiger partial charge in [0.2, 0.25) is 11.8 Å². The lowest BCUT2D eigenvalue weighted by Crippen LogP contribution is -2.50. The molecule has 4 amide bonds. The first-order chi connectivity index (χ1) is 13.5. The number of urea groups is 1. The molecule has 2 heterocycles. The number of guanidine groups is 1. The lowest BCUT2D eigenvalue weighted by atomic mass is 10.1. The maximum absolute atomic E-state index is 11.8. The quantitative estimate of drug-likeness (QED) is 0.143. The Kier molecular flexibility index (Phi) is 11.9. The van der Waals surface area contributed by atoms with Crippen molar-refractivity contribution in [1.82, 2.24) is 31.1 Å². The summed E-state index contributed by atoms with van der Waals surface area (Å²) in [6.45, 7) is 8.35. The Labute approximate surface area is 189 Å². The third-order valence-corrected chi connectivity index (χ3v) is 4.74. The Morgan fingerprint density at radius 3 is 2.52 bits per heavy atom. The summed E-state index contributed by atoms with van der Waals surface area (Å²) in [5, 5.41) is 12.0. The molecule has 2 rings (SSSR count). The molecule has 0 bridgehead atoms. The maximum Gasteiger partial charge on any atom is 0.324 e. The number of nitrogens with one attached hydrogen (secondary N) is 4. The zero-order chi connectivity index (χ0) is 20.4. The van der Waals surface area contributed by atoms with E-state index >= 15 is 0 Å². The number of aliphatic imine (C=N–C) groups is 1. The zero-order valence-electron chi connectivity index (χ0n) is 17.3. The molecular weight excluding hydrogens is 489 g/mol. The van der Waals surface area contributed by atoms with Gasteiger partial charge in [0, 0.05) is 32.2 Å². The van der Waals surface area contributed by atoms with Crippen molar-refractivity contribution in [2.45, 2.75) is 39.2 Å². The molecule has 0 aromatic carbocycles. The highest BCUT2D eigenvalue weighted by Crippen LogP contribution is 2.10. The highest BCUT2D eigenvalue weighted by atomic mass is 127. The number of hydrogen-bond donors (Lipinski definition) is 4. The van der Waals surface area contributed by atoms with Crippen LogP contribution in [0.4, 0.5) is 4.79 Å². The predicted octanol–water partition coefficient (Wildman–Crippen LogP) is -0.298. The third kappa shape index (κ3) is 8.72. The van der Waals surface area contributed by atoms with Gasteiger partial charge in [-0.25, -0.2) is 4.79 Å². The van der Waals surface area contributed by atoms with Crippen LogP contribution in [0, 0.1) is 0 Å². The van der Waals surface area contributed by atoms with Crippen molar-refractivity contribution in [2.75, 3.05) is 52.4 Å². The van der Waals surface area contributed by atoms with Crippen LogP contribution in [-0.2, 0) is 9.59 Å². The maximum atomic E-state index is 11.8. The molecule has 0 radical (unpaired) electrons. The second-order valence-electron chi connectivity index (χ2n) is 7.01. The van der Waals surface area contributed by atoms with Gasteiger partial charge in [-0.05, 0) is 26.2 Å². The summed E-state index contributed by atoms with van der Waals surface area (Å²) in [7, 11) is 0. The van der Waals surface area contributed by atoms with Gasteiger partial charge >= 0.3 is 6.03 Å². The van der Waals surface area contributed by atoms with Crippen molar-refractivity contribution < 1.29 is 14.4 Å². The van der Waals surface area contributed by atoms with Gasteiger partial charge in [0.05, 0.1) is 26.2 Å². The van der Waals surface area contributed by atoms with E-state index in [2.05, 4.69) is 31.2 Å². The molecule has 2 fully saturated rings. The average molecular weight is 523 g/mol. The molecule has 0 unspecified atom stereocenters. The Bertz CT molecular complexity index is 564. The normalized spacial score (nSPS) is 18.3. The molecule has 10 nitrogen and oxygen atoms in total. The van der Waals surface area contributed by atoms with Crippen LogP contribution in [0.3, 0.4) is 0 Å². The standard InChI is InChI=1S/C18H33N7O3.HI/c1-3-7-20-15(26)13-24-9-5-14(6-10-24)23-17(19-4-2)21-8-11-25-16(27)12-22-18(25)28;/h14H,3-13H2,1-2H3,(H,20,26)(H,22,28)(H2,19,21,23);1H. The second-order valence-corrected chi connectivity index (χ2v) is 7.01. The van der Waals surface area contributed by atoms with Crippen molar-refractivity contribution in [2.24, 2.45) is 4.99 Å². The van der Waals surface area contributed by atoms with E-state index in [4.69, 9.17) is 0 Å². The molecule has 0 aromatic rings. The number of piperidine rings is 1. The van der Waals surface area contributed by atoms with E-state index < -0.39 is 0 Å². The number of imide groups is 1. The number of nitrogens with zero attached hydrogens (tertiary/aromatic N) is 3. The molecule has 2 saturated heterocycles. The van der Waals surface area contributed by atoms with E-state index in [9.17, 15) is 14.4 Å². The van der Waals surface area contributed by atoms with Crippen LogP contribution in [0.1, 0.15) is 33.1 Å². The largest absolute Gasteiger partial charge is 0.357 e. The summed E-state index contributed by atoms with van der Waals surface area (Å²) in [6, 6.07) is -0.0713. The molecule has 0 atom stereocenters. The molecule has 0 saturated carbocycles. The summed E-state index contributed by atoms with van der Waals surface area (Å²) >= 11 is 0. The Hall–Kier alpha value is -1.63. The van der Waals surface area contributed by atoms with Gasteiger partial charge in [0.1, 0.15) is 0 Å². The fraction of sp³-hybridized carbons (Fsp3) is 0.778. The molecule has 11 heteroatoms. The Morgan fingerprint density at radius 2 is 1.93 bits per heavy atom. The summed E-state index contributed by atoms with van der Waals surface area (Å²) in [5.74, 6) is 0.561. The van der Waals surface area contributed by atoms with Crippen molar-refractivity contribution >= 4 is 47.8 Å². The van der Waals surface area contributed by atoms with Gasteiger partial charge in [-0.2, -0.15) is 0 Å². The number of carbonyl (C=O) groups excluding carboxylic acids is 3. The Morgan fingerprint density at radius 1 is 1.21 bits per heavy atom. The highest BCUT2D eigenvalue weighted by molar-refractivity contribution is 14.0. The van der Waals surface area contributed by atoms with E-state index in [1.807, 2.05) is 13.8 Å². The molecule has 2 aliphatic heterocycles. The first-order valence-corrected chi connectivity index (χ1v) is 10.2. The van der Waals surface area contributed by atoms with Crippen molar-refractivity contribution in [3.63, 3.8) is 0 Å². The second kappa shape index (κ2) is 13.6. The van der Waals surface area contributed by atoms with Gasteiger partial charge in [-0.3, -0.25) is 24.4 Å². The lowest BCUT2D eigenvalue weighted by Gasteiger charge is -2.32. The van der Waals surface area contributed by atoms with Crippen LogP contribution in [0.25, 0.3) is 0 Å². The van der Waals surface area contributed by atoms with Gasteiger partial charge in [-0.15, -0.1) is 24.0 Å². The lowest BCUT2D eigenvalue weighted by molar-refractivity contribution is -0.125. The third-order valence-electron chi connectivity index (χ3n) is 4.74. The van der Waals surface area contributed by atoms with Crippen molar-refractivity contribution in [1.29, 1.82) is 0 Å². The molecule has 166 valence electrons. The SMILES string of the molecule is CCCNC(=O)CN1CCC(NC(=NCCN2C(=O)CNC2=O)NCC)CC1.I. The van der Waals surface area contributed by atoms with Crippen LogP contribution in [0.5, 0.6) is 0 Å². The van der Waals surface area contributed by atoms with Crippen LogP contribution < -0.4 is 21.3 Å². The first-order valence-electron chi connectivity index (χ1n) is 10.2. The van der Waals surface area contributed by atoms with Gasteiger partial charge in [0.25, 0.3) is 0 Å². The summed E-state index contributed by atoms with van der Waals surface area (Å²) < 4.78 is 0. The van der Waals surface area contributed by atoms with E-state index in [-0.39, 0.29) is 61.0 Å². The molecule has 2 aliphatic rings. The number of carbonyl (C=O) groups is 3. The predicted molar refractivity (Wildman–Crippen MR) is 122 cm³/mol. The smallest absolute Gasteiger partial charge is 0.324 e. The topological polar surface area (TPSA) is 118 Å². The van der Waals surface area contributed by atoms with E-state index in [1.54, 1.807) is 0 Å². The summed E-state index contributed by atoms with van der Waals surface area (Å²) in [5.41, 5.74) is 0. The number of hydrogen-bond acceptors (Lipinski definition) is 5. The van der Waals surface area contributed by atoms with Gasteiger partial charge in [0.15, 0.2) is 5.96 Å². The molecule has 0 aromatic heterocycles. The Balaban J connectivity index is 0.00000420. The number of amides is 4. The minimum Gasteiger partial charge on any atom is -0.357 e. The van der Waals surface area contributed by atoms with Crippen LogP contribution in [-0.4, -0.2) is 92.0 Å². The fourth-order valence-electron chi connectivity index (χ4n) is 3.22. The molecule has 4 N–H and O–H groups in total. The van der Waals surface area contributed by atoms with Crippen molar-refractivity contribution in [3.05, 3.63) is 0 Å². The average Bonchev–Trinajstić information content (AvgIpc) is 3.00. The number of rotatable bonds is 9. The first kappa shape index (κ1) is 25.4. The molecule has 0 spiro atoms. The minimum absolute atomic E-state index is 0. The summed E-state index contributed by atoms with van der Waals surface area (Å²) in [6.07, 6.45) is 2.80.